The minimum Gasteiger partial charge on any atom is -0.172 e. The zero-order chi connectivity index (χ0) is 28.0. The van der Waals surface area contributed by atoms with E-state index in [9.17, 15) is 0 Å². The van der Waals surface area contributed by atoms with E-state index >= 15 is 0 Å². The standard InChI is InChI=1S/C34H48N2S3/c1-8-11-13-15-17-24-21-28(37-32(24)23(4)5)26-19-20-27(31-30(26)35-39-36-31)29-22-25(18-16-14-12-9-2)33(38-29)34(6,7)10-3/h19-23H,8-18H2,1-7H3. The highest BCUT2D eigenvalue weighted by Crippen LogP contribution is 2.45. The third-order valence-electron chi connectivity index (χ3n) is 8.22. The Morgan fingerprint density at radius 1 is 0.718 bits per heavy atom. The van der Waals surface area contributed by atoms with Gasteiger partial charge in [0.1, 0.15) is 11.0 Å². The van der Waals surface area contributed by atoms with Crippen LogP contribution in [0.15, 0.2) is 24.3 Å². The first-order chi connectivity index (χ1) is 18.8. The number of unbranched alkanes of at least 4 members (excludes halogenated alkanes) is 6. The molecule has 3 aromatic heterocycles. The summed E-state index contributed by atoms with van der Waals surface area (Å²) in [6.45, 7) is 16.4. The molecule has 0 unspecified atom stereocenters. The van der Waals surface area contributed by atoms with Gasteiger partial charge in [0.05, 0.1) is 11.7 Å². The van der Waals surface area contributed by atoms with E-state index in [4.69, 9.17) is 8.75 Å². The molecule has 0 atom stereocenters. The van der Waals surface area contributed by atoms with E-state index in [-0.39, 0.29) is 5.41 Å². The number of aromatic nitrogens is 2. The van der Waals surface area contributed by atoms with E-state index in [1.165, 1.54) is 96.8 Å². The van der Waals surface area contributed by atoms with Crippen LogP contribution in [-0.2, 0) is 18.3 Å². The van der Waals surface area contributed by atoms with Gasteiger partial charge >= 0.3 is 0 Å². The van der Waals surface area contributed by atoms with Gasteiger partial charge in [-0.2, -0.15) is 8.75 Å². The first-order valence-corrected chi connectivity index (χ1v) is 17.7. The number of rotatable bonds is 15. The summed E-state index contributed by atoms with van der Waals surface area (Å²) in [5, 5.41) is 0. The molecule has 212 valence electrons. The summed E-state index contributed by atoms with van der Waals surface area (Å²) in [6.07, 6.45) is 14.0. The number of fused-ring (bicyclic) bond motifs is 1. The van der Waals surface area contributed by atoms with Gasteiger partial charge in [-0.3, -0.25) is 0 Å². The van der Waals surface area contributed by atoms with Crippen molar-refractivity contribution in [2.24, 2.45) is 0 Å². The molecule has 0 amide bonds. The lowest BCUT2D eigenvalue weighted by Crippen LogP contribution is -2.15. The fourth-order valence-corrected chi connectivity index (χ4v) is 8.71. The molecule has 0 aliphatic rings. The molecular formula is C34H48N2S3. The average Bonchev–Trinajstić information content (AvgIpc) is 3.67. The van der Waals surface area contributed by atoms with Gasteiger partial charge in [0.15, 0.2) is 0 Å². The number of hydrogen-bond donors (Lipinski definition) is 0. The quantitative estimate of drug-likeness (QED) is 0.131. The van der Waals surface area contributed by atoms with Crippen LogP contribution in [0.3, 0.4) is 0 Å². The molecule has 0 bridgehead atoms. The molecule has 3 heterocycles. The SMILES string of the molecule is CCCCCCc1cc(-c2ccc(-c3cc(CCCCCC)c(C(C)(C)CC)s3)c3nsnc23)sc1C(C)C. The predicted molar refractivity (Wildman–Crippen MR) is 177 cm³/mol. The fraction of sp³-hybridized carbons (Fsp3) is 0.588. The normalized spacial score (nSPS) is 12.3. The molecule has 2 nitrogen and oxygen atoms in total. The Morgan fingerprint density at radius 2 is 1.26 bits per heavy atom. The first-order valence-electron chi connectivity index (χ1n) is 15.3. The van der Waals surface area contributed by atoms with E-state index in [0.29, 0.717) is 5.92 Å². The monoisotopic (exact) mass is 580 g/mol. The summed E-state index contributed by atoms with van der Waals surface area (Å²) in [4.78, 5) is 5.81. The van der Waals surface area contributed by atoms with Gasteiger partial charge in [-0.15, -0.1) is 22.7 Å². The van der Waals surface area contributed by atoms with Gasteiger partial charge in [0.25, 0.3) is 0 Å². The lowest BCUT2D eigenvalue weighted by atomic mass is 9.85. The van der Waals surface area contributed by atoms with Crippen molar-refractivity contribution in [3.8, 4) is 20.9 Å². The van der Waals surface area contributed by atoms with Gasteiger partial charge in [0.2, 0.25) is 0 Å². The maximum Gasteiger partial charge on any atom is 0.114 e. The van der Waals surface area contributed by atoms with Crippen LogP contribution in [0.1, 0.15) is 133 Å². The van der Waals surface area contributed by atoms with Crippen molar-refractivity contribution in [3.05, 3.63) is 45.1 Å². The minimum absolute atomic E-state index is 0.195. The largest absolute Gasteiger partial charge is 0.172 e. The molecule has 39 heavy (non-hydrogen) atoms. The molecule has 4 aromatic rings. The number of benzene rings is 1. The molecule has 0 radical (unpaired) electrons. The lowest BCUT2D eigenvalue weighted by molar-refractivity contribution is 0.510. The van der Waals surface area contributed by atoms with Crippen LogP contribution in [0.25, 0.3) is 31.9 Å². The average molecular weight is 581 g/mol. The Labute approximate surface area is 249 Å². The van der Waals surface area contributed by atoms with Crippen molar-refractivity contribution in [2.45, 2.75) is 130 Å². The number of nitrogens with zero attached hydrogens (tertiary/aromatic N) is 2. The van der Waals surface area contributed by atoms with E-state index in [0.717, 1.165) is 17.5 Å². The number of thiophene rings is 2. The van der Waals surface area contributed by atoms with Gasteiger partial charge < -0.3 is 0 Å². The Hall–Kier alpha value is -1.56. The van der Waals surface area contributed by atoms with Crippen LogP contribution in [0.5, 0.6) is 0 Å². The smallest absolute Gasteiger partial charge is 0.114 e. The maximum absolute atomic E-state index is 4.87. The molecule has 5 heteroatoms. The van der Waals surface area contributed by atoms with Crippen LogP contribution < -0.4 is 0 Å². The van der Waals surface area contributed by atoms with E-state index < -0.39 is 0 Å². The van der Waals surface area contributed by atoms with Crippen LogP contribution in [0.4, 0.5) is 0 Å². The maximum atomic E-state index is 4.87. The van der Waals surface area contributed by atoms with Crippen LogP contribution >= 0.6 is 34.4 Å². The van der Waals surface area contributed by atoms with Crippen molar-refractivity contribution >= 4 is 45.4 Å². The van der Waals surface area contributed by atoms with Crippen LogP contribution in [-0.4, -0.2) is 8.75 Å². The van der Waals surface area contributed by atoms with Crippen LogP contribution in [0, 0.1) is 0 Å². The Kier molecular flexibility index (Phi) is 10.8. The summed E-state index contributed by atoms with van der Waals surface area (Å²) in [5.74, 6) is 0.551. The molecule has 4 rings (SSSR count). The van der Waals surface area contributed by atoms with Crippen molar-refractivity contribution in [3.63, 3.8) is 0 Å². The number of aryl methyl sites for hydroxylation is 2. The molecule has 0 N–H and O–H groups in total. The Balaban J connectivity index is 1.70. The summed E-state index contributed by atoms with van der Waals surface area (Å²) < 4.78 is 9.72. The van der Waals surface area contributed by atoms with E-state index in [1.54, 1.807) is 20.9 Å². The van der Waals surface area contributed by atoms with Gasteiger partial charge in [-0.05, 0) is 66.7 Å². The van der Waals surface area contributed by atoms with Crippen molar-refractivity contribution in [1.82, 2.24) is 8.75 Å². The highest BCUT2D eigenvalue weighted by atomic mass is 32.1. The highest BCUT2D eigenvalue weighted by molar-refractivity contribution is 7.16. The van der Waals surface area contributed by atoms with E-state index in [1.807, 2.05) is 22.7 Å². The second-order valence-corrected chi connectivity index (χ2v) is 14.8. The third-order valence-corrected chi connectivity index (χ3v) is 11.8. The first kappa shape index (κ1) is 30.4. The van der Waals surface area contributed by atoms with Crippen molar-refractivity contribution < 1.29 is 0 Å². The van der Waals surface area contributed by atoms with Gasteiger partial charge in [-0.25, -0.2) is 0 Å². The third kappa shape index (κ3) is 7.02. The second kappa shape index (κ2) is 13.9. The minimum atomic E-state index is 0.195. The summed E-state index contributed by atoms with van der Waals surface area (Å²) in [7, 11) is 0. The summed E-state index contributed by atoms with van der Waals surface area (Å²) in [5.41, 5.74) is 7.92. The van der Waals surface area contributed by atoms with Crippen molar-refractivity contribution in [1.29, 1.82) is 0 Å². The second-order valence-electron chi connectivity index (χ2n) is 12.1. The molecule has 0 saturated heterocycles. The zero-order valence-corrected chi connectivity index (χ0v) is 27.7. The van der Waals surface area contributed by atoms with Crippen molar-refractivity contribution in [2.75, 3.05) is 0 Å². The molecule has 1 aromatic carbocycles. The Bertz CT molecular complexity index is 1340. The molecule has 0 saturated carbocycles. The van der Waals surface area contributed by atoms with Crippen LogP contribution in [0.2, 0.25) is 0 Å². The molecular weight excluding hydrogens is 533 g/mol. The molecule has 0 aliphatic heterocycles. The van der Waals surface area contributed by atoms with Gasteiger partial charge in [0, 0.05) is 30.6 Å². The van der Waals surface area contributed by atoms with E-state index in [2.05, 4.69) is 72.7 Å². The highest BCUT2D eigenvalue weighted by Gasteiger charge is 2.26. The summed E-state index contributed by atoms with van der Waals surface area (Å²) in [6, 6.07) is 9.58. The molecule has 0 aliphatic carbocycles. The molecule has 0 spiro atoms. The zero-order valence-electron chi connectivity index (χ0n) is 25.3. The summed E-state index contributed by atoms with van der Waals surface area (Å²) >= 11 is 5.32. The molecule has 0 fully saturated rings. The van der Waals surface area contributed by atoms with Gasteiger partial charge in [-0.1, -0.05) is 99.1 Å². The fourth-order valence-electron chi connectivity index (χ4n) is 5.49. The topological polar surface area (TPSA) is 25.8 Å². The number of hydrogen-bond acceptors (Lipinski definition) is 5. The predicted octanol–water partition coefficient (Wildman–Crippen LogP) is 12.2. The lowest BCUT2D eigenvalue weighted by Gasteiger charge is -2.23. The Morgan fingerprint density at radius 3 is 1.79 bits per heavy atom.